The molecule has 2 N–H and O–H groups in total. The molecule has 2 aromatic carbocycles. The number of hydrogen-bond donors (Lipinski definition) is 2. The molecule has 0 amide bonds. The zero-order valence-corrected chi connectivity index (χ0v) is 14.3. The van der Waals surface area contributed by atoms with Crippen molar-refractivity contribution in [1.29, 1.82) is 0 Å². The maximum absolute atomic E-state index is 14.3. The van der Waals surface area contributed by atoms with E-state index >= 15 is 0 Å². The molecule has 0 aromatic heterocycles. The van der Waals surface area contributed by atoms with E-state index in [-0.39, 0.29) is 23.7 Å². The summed E-state index contributed by atoms with van der Waals surface area (Å²) in [4.78, 5) is 0. The van der Waals surface area contributed by atoms with Gasteiger partial charge in [-0.25, -0.2) is 4.39 Å². The van der Waals surface area contributed by atoms with Gasteiger partial charge >= 0.3 is 12.4 Å². The lowest BCUT2D eigenvalue weighted by atomic mass is 10.0. The Morgan fingerprint density at radius 1 is 0.929 bits per heavy atom. The van der Waals surface area contributed by atoms with Crippen LogP contribution in [0.5, 0.6) is 0 Å². The van der Waals surface area contributed by atoms with Gasteiger partial charge in [0.1, 0.15) is 5.82 Å². The van der Waals surface area contributed by atoms with Gasteiger partial charge in [0.25, 0.3) is 0 Å². The van der Waals surface area contributed by atoms with Gasteiger partial charge in [-0.15, -0.1) is 0 Å². The molecule has 28 heavy (non-hydrogen) atoms. The maximum atomic E-state index is 14.3. The van der Waals surface area contributed by atoms with Crippen molar-refractivity contribution in [3.8, 4) is 0 Å². The molecule has 0 fully saturated rings. The summed E-state index contributed by atoms with van der Waals surface area (Å²) in [6.07, 6.45) is -7.67. The first-order valence-electron chi connectivity index (χ1n) is 8.31. The van der Waals surface area contributed by atoms with Crippen LogP contribution in [0.25, 0.3) is 5.70 Å². The summed E-state index contributed by atoms with van der Waals surface area (Å²) >= 11 is 0. The summed E-state index contributed by atoms with van der Waals surface area (Å²) in [5, 5.41) is 5.80. The molecule has 0 saturated carbocycles. The van der Waals surface area contributed by atoms with Gasteiger partial charge in [0.05, 0.1) is 16.7 Å². The predicted molar refractivity (Wildman–Crippen MR) is 90.8 cm³/mol. The molecule has 0 atom stereocenters. The quantitative estimate of drug-likeness (QED) is 0.631. The third-order valence-electron chi connectivity index (χ3n) is 4.22. The Labute approximate surface area is 156 Å². The van der Waals surface area contributed by atoms with Gasteiger partial charge in [0, 0.05) is 24.5 Å². The number of rotatable bonds is 3. The molecule has 0 radical (unpaired) electrons. The second kappa shape index (κ2) is 7.37. The molecule has 2 nitrogen and oxygen atoms in total. The molecule has 9 heteroatoms. The number of alkyl halides is 6. The summed E-state index contributed by atoms with van der Waals surface area (Å²) in [5.74, 6) is -0.550. The van der Waals surface area contributed by atoms with E-state index in [1.807, 2.05) is 0 Å². The minimum absolute atomic E-state index is 0.0767. The maximum Gasteiger partial charge on any atom is 0.416 e. The number of benzene rings is 2. The first-order chi connectivity index (χ1) is 13.1. The van der Waals surface area contributed by atoms with Crippen LogP contribution in [0.15, 0.2) is 42.5 Å². The topological polar surface area (TPSA) is 24.1 Å². The van der Waals surface area contributed by atoms with Crippen molar-refractivity contribution in [2.45, 2.75) is 25.3 Å². The van der Waals surface area contributed by atoms with Crippen molar-refractivity contribution in [2.24, 2.45) is 0 Å². The van der Waals surface area contributed by atoms with Gasteiger partial charge in [-0.3, -0.25) is 0 Å². The normalized spacial score (nSPS) is 14.6. The fourth-order valence-corrected chi connectivity index (χ4v) is 2.95. The number of anilines is 1. The van der Waals surface area contributed by atoms with Crippen LogP contribution in [0.2, 0.25) is 0 Å². The minimum Gasteiger partial charge on any atom is -0.384 e. The first-order valence-corrected chi connectivity index (χ1v) is 8.31. The lowest BCUT2D eigenvalue weighted by Crippen LogP contribution is -2.16. The first kappa shape index (κ1) is 20.0. The highest BCUT2D eigenvalue weighted by atomic mass is 19.4. The summed E-state index contributed by atoms with van der Waals surface area (Å²) in [7, 11) is 0. The van der Waals surface area contributed by atoms with Crippen LogP contribution in [-0.4, -0.2) is 6.54 Å². The van der Waals surface area contributed by atoms with Crippen LogP contribution in [0.4, 0.5) is 36.4 Å². The lowest BCUT2D eigenvalue weighted by molar-refractivity contribution is -0.143. The Morgan fingerprint density at radius 3 is 2.18 bits per heavy atom. The third kappa shape index (κ3) is 4.40. The van der Waals surface area contributed by atoms with E-state index in [9.17, 15) is 30.7 Å². The highest BCUT2D eigenvalue weighted by molar-refractivity contribution is 5.76. The molecule has 150 valence electrons. The van der Waals surface area contributed by atoms with Crippen LogP contribution in [-0.2, 0) is 18.9 Å². The van der Waals surface area contributed by atoms with E-state index in [1.165, 1.54) is 12.1 Å². The van der Waals surface area contributed by atoms with Crippen molar-refractivity contribution in [3.63, 3.8) is 0 Å². The van der Waals surface area contributed by atoms with E-state index in [0.717, 1.165) is 0 Å². The van der Waals surface area contributed by atoms with Crippen molar-refractivity contribution in [3.05, 3.63) is 70.5 Å². The van der Waals surface area contributed by atoms with E-state index in [2.05, 4.69) is 10.6 Å². The molecule has 0 saturated heterocycles. The number of hydrogen-bond acceptors (Lipinski definition) is 2. The highest BCUT2D eigenvalue weighted by Crippen LogP contribution is 2.36. The van der Waals surface area contributed by atoms with Gasteiger partial charge in [-0.05, 0) is 42.3 Å². The Kier molecular flexibility index (Phi) is 5.27. The predicted octanol–water partition coefficient (Wildman–Crippen LogP) is 5.81. The SMILES string of the molecule is Fc1cccc2c1C(NCc1cc(C(F)(F)F)cc(C(F)(F)F)c1)=CCCN2. The van der Waals surface area contributed by atoms with Crippen molar-refractivity contribution >= 4 is 11.4 Å². The molecule has 0 aliphatic carbocycles. The van der Waals surface area contributed by atoms with Gasteiger partial charge in [-0.2, -0.15) is 26.3 Å². The largest absolute Gasteiger partial charge is 0.416 e. The average Bonchev–Trinajstić information content (AvgIpc) is 2.81. The average molecular weight is 404 g/mol. The van der Waals surface area contributed by atoms with Crippen LogP contribution in [0.1, 0.15) is 28.7 Å². The van der Waals surface area contributed by atoms with E-state index in [1.54, 1.807) is 12.1 Å². The zero-order chi connectivity index (χ0) is 20.5. The Bertz CT molecular complexity index is 866. The second-order valence-electron chi connectivity index (χ2n) is 6.26. The second-order valence-corrected chi connectivity index (χ2v) is 6.26. The molecule has 0 bridgehead atoms. The van der Waals surface area contributed by atoms with E-state index in [0.29, 0.717) is 36.5 Å². The fraction of sp³-hybridized carbons (Fsp3) is 0.263. The van der Waals surface area contributed by atoms with Crippen molar-refractivity contribution in [2.75, 3.05) is 11.9 Å². The summed E-state index contributed by atoms with van der Waals surface area (Å²) in [6, 6.07) is 5.76. The summed E-state index contributed by atoms with van der Waals surface area (Å²) in [5.41, 5.74) is -1.98. The van der Waals surface area contributed by atoms with E-state index in [4.69, 9.17) is 0 Å². The zero-order valence-electron chi connectivity index (χ0n) is 14.3. The molecule has 1 heterocycles. The number of halogens is 7. The third-order valence-corrected chi connectivity index (χ3v) is 4.22. The van der Waals surface area contributed by atoms with Gasteiger partial charge < -0.3 is 10.6 Å². The van der Waals surface area contributed by atoms with Crippen molar-refractivity contribution in [1.82, 2.24) is 5.32 Å². The monoisotopic (exact) mass is 404 g/mol. The van der Waals surface area contributed by atoms with Gasteiger partial charge in [0.15, 0.2) is 0 Å². The van der Waals surface area contributed by atoms with E-state index < -0.39 is 29.3 Å². The Hall–Kier alpha value is -2.71. The lowest BCUT2D eigenvalue weighted by Gasteiger charge is -2.17. The number of nitrogens with one attached hydrogen (secondary N) is 2. The van der Waals surface area contributed by atoms with Crippen LogP contribution in [0, 0.1) is 5.82 Å². The molecule has 1 aliphatic heterocycles. The molecular formula is C19H15F7N2. The number of fused-ring (bicyclic) bond motifs is 1. The van der Waals surface area contributed by atoms with Gasteiger partial charge in [0.2, 0.25) is 0 Å². The van der Waals surface area contributed by atoms with Crippen LogP contribution < -0.4 is 10.6 Å². The molecule has 2 aromatic rings. The van der Waals surface area contributed by atoms with Crippen LogP contribution in [0.3, 0.4) is 0 Å². The van der Waals surface area contributed by atoms with Gasteiger partial charge in [-0.1, -0.05) is 12.1 Å². The minimum atomic E-state index is -4.92. The highest BCUT2D eigenvalue weighted by Gasteiger charge is 2.36. The molecular weight excluding hydrogens is 389 g/mol. The molecule has 0 unspecified atom stereocenters. The van der Waals surface area contributed by atoms with Crippen LogP contribution >= 0.6 is 0 Å². The molecule has 3 rings (SSSR count). The van der Waals surface area contributed by atoms with Crippen molar-refractivity contribution < 1.29 is 30.7 Å². The summed E-state index contributed by atoms with van der Waals surface area (Å²) < 4.78 is 92.1. The fourth-order valence-electron chi connectivity index (χ4n) is 2.95. The Morgan fingerprint density at radius 2 is 1.57 bits per heavy atom. The smallest absolute Gasteiger partial charge is 0.384 e. The standard InChI is InChI=1S/C19H15F7N2/c20-14-3-1-4-15-17(14)16(5-2-6-27-15)28-10-11-7-12(18(21,22)23)9-13(8-11)19(24,25)26/h1,3-5,7-9,27-28H,2,6,10H2. The molecule has 1 aliphatic rings. The molecule has 0 spiro atoms. The summed E-state index contributed by atoms with van der Waals surface area (Å²) in [6.45, 7) is 0.190. The Balaban J connectivity index is 1.92.